The lowest BCUT2D eigenvalue weighted by atomic mass is 10.1. The number of allylic oxidation sites excluding steroid dienone is 1. The molecule has 1 aliphatic rings. The largest absolute Gasteiger partial charge is 0.326 e. The van der Waals surface area contributed by atoms with E-state index in [0.29, 0.717) is 18.1 Å². The molecule has 0 bridgehead atoms. The van der Waals surface area contributed by atoms with E-state index in [1.165, 1.54) is 6.07 Å². The van der Waals surface area contributed by atoms with E-state index in [0.717, 1.165) is 45.9 Å². The van der Waals surface area contributed by atoms with E-state index in [9.17, 15) is 8.78 Å². The molecule has 0 amide bonds. The fourth-order valence-electron chi connectivity index (χ4n) is 3.29. The topological polar surface area (TPSA) is 56.3 Å². The molecule has 1 aromatic heterocycles. The lowest BCUT2D eigenvalue weighted by Crippen LogP contribution is -2.41. The summed E-state index contributed by atoms with van der Waals surface area (Å²) >= 11 is 0. The van der Waals surface area contributed by atoms with Crippen LogP contribution in [-0.4, -0.2) is 21.1 Å². The molecule has 2 N–H and O–H groups in total. The number of nitrogens with one attached hydrogen (secondary N) is 2. The van der Waals surface area contributed by atoms with Gasteiger partial charge in [0.1, 0.15) is 0 Å². The number of H-pyrrole nitrogens is 1. The first-order chi connectivity index (χ1) is 13.9. The molecule has 2 aromatic carbocycles. The fourth-order valence-corrected chi connectivity index (χ4v) is 3.29. The summed E-state index contributed by atoms with van der Waals surface area (Å²) in [6, 6.07) is 7.86. The maximum Gasteiger partial charge on any atom is 0.208 e. The number of fused-ring (bicyclic) bond motifs is 1. The molecule has 0 aliphatic carbocycles. The molecule has 0 radical (unpaired) electrons. The number of aryl methyl sites for hydroxylation is 1. The van der Waals surface area contributed by atoms with E-state index >= 15 is 0 Å². The van der Waals surface area contributed by atoms with E-state index in [4.69, 9.17) is 4.99 Å². The molecule has 148 valence electrons. The van der Waals surface area contributed by atoms with Gasteiger partial charge >= 0.3 is 0 Å². The second-order valence-corrected chi connectivity index (χ2v) is 7.02. The summed E-state index contributed by atoms with van der Waals surface area (Å²) in [6.45, 7) is 8.43. The number of aromatic nitrogens is 2. The maximum absolute atomic E-state index is 13.7. The third-order valence-corrected chi connectivity index (χ3v) is 4.93. The average molecular weight is 393 g/mol. The normalized spacial score (nSPS) is 15.7. The molecule has 2 heterocycles. The van der Waals surface area contributed by atoms with Crippen LogP contribution in [0.25, 0.3) is 10.9 Å². The van der Waals surface area contributed by atoms with Crippen LogP contribution in [0.1, 0.15) is 24.5 Å². The number of hydrogen-bond acceptors (Lipinski definition) is 2. The van der Waals surface area contributed by atoms with Gasteiger partial charge in [0.05, 0.1) is 23.9 Å². The molecule has 3 aromatic rings. The van der Waals surface area contributed by atoms with Crippen LogP contribution >= 0.6 is 0 Å². The minimum atomic E-state index is -0.865. The Labute approximate surface area is 167 Å². The Morgan fingerprint density at radius 2 is 2.00 bits per heavy atom. The summed E-state index contributed by atoms with van der Waals surface area (Å²) in [4.78, 5) is 6.68. The fraction of sp³-hybridized carbons (Fsp3) is 0.182. The van der Waals surface area contributed by atoms with Crippen molar-refractivity contribution >= 4 is 22.5 Å². The molecule has 29 heavy (non-hydrogen) atoms. The van der Waals surface area contributed by atoms with Crippen molar-refractivity contribution in [2.24, 2.45) is 4.99 Å². The highest BCUT2D eigenvalue weighted by Crippen LogP contribution is 2.27. The second-order valence-electron chi connectivity index (χ2n) is 7.02. The van der Waals surface area contributed by atoms with Gasteiger partial charge < -0.3 is 10.2 Å². The lowest BCUT2D eigenvalue weighted by Gasteiger charge is -2.30. The first kappa shape index (κ1) is 18.9. The molecule has 0 fully saturated rings. The molecule has 0 saturated carbocycles. The molecular formula is C22H21F2N5. The Morgan fingerprint density at radius 3 is 2.76 bits per heavy atom. The van der Waals surface area contributed by atoms with E-state index in [1.54, 1.807) is 12.3 Å². The van der Waals surface area contributed by atoms with Crippen LogP contribution in [0.4, 0.5) is 14.5 Å². The van der Waals surface area contributed by atoms with Gasteiger partial charge in [0.25, 0.3) is 0 Å². The summed E-state index contributed by atoms with van der Waals surface area (Å²) in [5.41, 5.74) is 5.10. The Morgan fingerprint density at radius 1 is 1.17 bits per heavy atom. The first-order valence-corrected chi connectivity index (χ1v) is 9.34. The molecule has 0 saturated heterocycles. The van der Waals surface area contributed by atoms with Gasteiger partial charge in [-0.3, -0.25) is 5.10 Å². The second kappa shape index (κ2) is 7.50. The summed E-state index contributed by atoms with van der Waals surface area (Å²) in [6.07, 6.45) is 4.50. The number of rotatable bonds is 4. The van der Waals surface area contributed by atoms with Gasteiger partial charge in [0.2, 0.25) is 5.96 Å². The van der Waals surface area contributed by atoms with Gasteiger partial charge in [-0.15, -0.1) is 0 Å². The summed E-state index contributed by atoms with van der Waals surface area (Å²) in [5, 5.41) is 11.3. The van der Waals surface area contributed by atoms with Crippen molar-refractivity contribution in [2.45, 2.75) is 26.8 Å². The van der Waals surface area contributed by atoms with Crippen molar-refractivity contribution in [3.05, 3.63) is 83.3 Å². The quantitative estimate of drug-likeness (QED) is 0.652. The predicted octanol–water partition coefficient (Wildman–Crippen LogP) is 5.05. The van der Waals surface area contributed by atoms with Crippen molar-refractivity contribution in [1.82, 2.24) is 20.4 Å². The van der Waals surface area contributed by atoms with Gasteiger partial charge in [-0.25, -0.2) is 13.8 Å². The zero-order valence-corrected chi connectivity index (χ0v) is 16.3. The van der Waals surface area contributed by atoms with Crippen molar-refractivity contribution < 1.29 is 8.78 Å². The van der Waals surface area contributed by atoms with Gasteiger partial charge in [-0.2, -0.15) is 5.10 Å². The number of aromatic amines is 1. The Balaban J connectivity index is 1.74. The van der Waals surface area contributed by atoms with E-state index in [1.807, 2.05) is 37.1 Å². The van der Waals surface area contributed by atoms with Crippen molar-refractivity contribution in [1.29, 1.82) is 0 Å². The number of halogens is 2. The molecule has 0 spiro atoms. The van der Waals surface area contributed by atoms with Crippen molar-refractivity contribution in [3.8, 4) is 0 Å². The zero-order chi connectivity index (χ0) is 20.5. The zero-order valence-electron chi connectivity index (χ0n) is 16.3. The molecule has 4 rings (SSSR count). The average Bonchev–Trinajstić information content (AvgIpc) is 3.14. The van der Waals surface area contributed by atoms with Crippen LogP contribution in [0, 0.1) is 18.6 Å². The Hall–Kier alpha value is -3.48. The smallest absolute Gasteiger partial charge is 0.208 e. The standard InChI is InChI=1S/C22H21F2N5/c1-4-16-12-29(11-15-5-6-18(23)19(24)8-15)22(26-14(16)3)27-20-9-21-17(7-13(20)2)10-25-28-21/h5-10,12H,3-4,11H2,1-2H3,(H,25,28)(H,26,27). The molecule has 0 unspecified atom stereocenters. The van der Waals surface area contributed by atoms with Gasteiger partial charge in [-0.05, 0) is 54.3 Å². The highest BCUT2D eigenvalue weighted by Gasteiger charge is 2.20. The molecule has 5 nitrogen and oxygen atoms in total. The van der Waals surface area contributed by atoms with Gasteiger partial charge in [0, 0.05) is 17.3 Å². The number of guanidine groups is 1. The predicted molar refractivity (Wildman–Crippen MR) is 110 cm³/mol. The van der Waals surface area contributed by atoms with Gasteiger partial charge in [0.15, 0.2) is 11.6 Å². The van der Waals surface area contributed by atoms with E-state index in [-0.39, 0.29) is 0 Å². The van der Waals surface area contributed by atoms with Crippen LogP contribution in [0.15, 0.2) is 65.6 Å². The summed E-state index contributed by atoms with van der Waals surface area (Å²) in [5.74, 6) is -1.16. The number of benzene rings is 2. The molecular weight excluding hydrogens is 372 g/mol. The molecule has 0 atom stereocenters. The van der Waals surface area contributed by atoms with E-state index < -0.39 is 11.6 Å². The maximum atomic E-state index is 13.7. The Bertz CT molecular complexity index is 1160. The van der Waals surface area contributed by atoms with Crippen molar-refractivity contribution in [2.75, 3.05) is 0 Å². The highest BCUT2D eigenvalue weighted by molar-refractivity contribution is 5.90. The van der Waals surface area contributed by atoms with Crippen LogP contribution in [0.5, 0.6) is 0 Å². The summed E-state index contributed by atoms with van der Waals surface area (Å²) in [7, 11) is 0. The monoisotopic (exact) mass is 393 g/mol. The third kappa shape index (κ3) is 3.76. The van der Waals surface area contributed by atoms with Crippen LogP contribution < -0.4 is 5.32 Å². The van der Waals surface area contributed by atoms with Gasteiger partial charge in [-0.1, -0.05) is 19.6 Å². The Kier molecular flexibility index (Phi) is 4.88. The highest BCUT2D eigenvalue weighted by atomic mass is 19.2. The first-order valence-electron chi connectivity index (χ1n) is 9.34. The summed E-state index contributed by atoms with van der Waals surface area (Å²) < 4.78 is 27.0. The number of aliphatic imine (C=N–C) groups is 1. The van der Waals surface area contributed by atoms with Crippen LogP contribution in [0.2, 0.25) is 0 Å². The molecule has 7 heteroatoms. The minimum Gasteiger partial charge on any atom is -0.326 e. The number of hydrogen-bond donors (Lipinski definition) is 2. The molecule has 1 aliphatic heterocycles. The SMILES string of the molecule is C=C1NC(=Nc2cc3[nH]ncc3cc2C)N(Cc2ccc(F)c(F)c2)C=C1CC. The van der Waals surface area contributed by atoms with Crippen molar-refractivity contribution in [3.63, 3.8) is 0 Å². The van der Waals surface area contributed by atoms with Crippen LogP contribution in [-0.2, 0) is 6.54 Å². The minimum absolute atomic E-state index is 0.338. The lowest BCUT2D eigenvalue weighted by molar-refractivity contribution is 0.492. The third-order valence-electron chi connectivity index (χ3n) is 4.93. The van der Waals surface area contributed by atoms with Crippen LogP contribution in [0.3, 0.4) is 0 Å². The van der Waals surface area contributed by atoms with E-state index in [2.05, 4.69) is 22.1 Å². The number of nitrogens with zero attached hydrogens (tertiary/aromatic N) is 3.